The Balaban J connectivity index is 2.00. The highest BCUT2D eigenvalue weighted by Crippen LogP contribution is 2.20. The van der Waals surface area contributed by atoms with Gasteiger partial charge in [-0.05, 0) is 31.4 Å². The summed E-state index contributed by atoms with van der Waals surface area (Å²) < 4.78 is 28.0. The molecule has 1 amide bonds. The van der Waals surface area contributed by atoms with E-state index in [4.69, 9.17) is 0 Å². The number of pyridine rings is 1. The molecule has 7 nitrogen and oxygen atoms in total. The summed E-state index contributed by atoms with van der Waals surface area (Å²) in [6.45, 7) is 5.19. The van der Waals surface area contributed by atoms with Crippen LogP contribution >= 0.6 is 0 Å². The Morgan fingerprint density at radius 3 is 2.57 bits per heavy atom. The van der Waals surface area contributed by atoms with Crippen LogP contribution in [-0.2, 0) is 4.79 Å². The summed E-state index contributed by atoms with van der Waals surface area (Å²) in [5, 5.41) is 2.86. The summed E-state index contributed by atoms with van der Waals surface area (Å²) in [5.74, 6) is -2.38. The third kappa shape index (κ3) is 4.29. The number of hydrogen-bond donors (Lipinski definition) is 2. The van der Waals surface area contributed by atoms with E-state index >= 15 is 0 Å². The summed E-state index contributed by atoms with van der Waals surface area (Å²) in [7, 11) is 0. The number of rotatable bonds is 6. The van der Waals surface area contributed by atoms with E-state index in [1.807, 2.05) is 13.8 Å². The molecule has 0 bridgehead atoms. The van der Waals surface area contributed by atoms with Gasteiger partial charge in [0.05, 0.1) is 28.8 Å². The first-order valence-electron chi connectivity index (χ1n) is 9.54. The zero-order valence-electron chi connectivity index (χ0n) is 16.8. The van der Waals surface area contributed by atoms with Gasteiger partial charge in [-0.15, -0.1) is 0 Å². The normalized spacial score (nSPS) is 13.4. The number of benzene rings is 1. The largest absolute Gasteiger partial charge is 0.346 e. The second kappa shape index (κ2) is 8.56. The van der Waals surface area contributed by atoms with E-state index in [0.29, 0.717) is 11.6 Å². The second-order valence-corrected chi connectivity index (χ2v) is 7.55. The number of halogens is 2. The number of amides is 1. The monoisotopic (exact) mass is 416 g/mol. The average Bonchev–Trinajstić information content (AvgIpc) is 2.66. The lowest BCUT2D eigenvalue weighted by Crippen LogP contribution is -2.45. The lowest BCUT2D eigenvalue weighted by molar-refractivity contribution is -0.125. The SMILES string of the molecule is CC(C)C[C@@H](C(=O)N[C@@H](C)c1ncc(F)cc1F)n1c(=O)[nH]c2ccccc2c1=O. The van der Waals surface area contributed by atoms with Crippen molar-refractivity contribution in [1.29, 1.82) is 0 Å². The smallest absolute Gasteiger partial charge is 0.329 e. The number of H-pyrrole nitrogens is 1. The molecule has 2 atom stereocenters. The Hall–Kier alpha value is -3.36. The minimum atomic E-state index is -1.11. The fourth-order valence-corrected chi connectivity index (χ4v) is 3.36. The van der Waals surface area contributed by atoms with Gasteiger partial charge in [0.25, 0.3) is 5.56 Å². The first-order valence-corrected chi connectivity index (χ1v) is 9.54. The summed E-state index contributed by atoms with van der Waals surface area (Å²) in [4.78, 5) is 45.0. The molecule has 1 aromatic carbocycles. The molecule has 0 fully saturated rings. The van der Waals surface area contributed by atoms with Crippen molar-refractivity contribution in [1.82, 2.24) is 19.9 Å². The molecule has 0 spiro atoms. The number of fused-ring (bicyclic) bond motifs is 1. The van der Waals surface area contributed by atoms with E-state index < -0.39 is 40.9 Å². The zero-order chi connectivity index (χ0) is 22.0. The molecule has 9 heteroatoms. The Bertz CT molecular complexity index is 1200. The van der Waals surface area contributed by atoms with Gasteiger partial charge in [0.2, 0.25) is 5.91 Å². The van der Waals surface area contributed by atoms with Gasteiger partial charge in [-0.2, -0.15) is 0 Å². The number of nitrogens with one attached hydrogen (secondary N) is 2. The molecule has 3 aromatic rings. The number of hydrogen-bond acceptors (Lipinski definition) is 4. The van der Waals surface area contributed by atoms with Crippen LogP contribution in [0.3, 0.4) is 0 Å². The number of aromatic nitrogens is 3. The number of carbonyl (C=O) groups is 1. The topological polar surface area (TPSA) is 96.8 Å². The minimum absolute atomic E-state index is 0.0190. The van der Waals surface area contributed by atoms with Crippen LogP contribution in [0.1, 0.15) is 45.0 Å². The van der Waals surface area contributed by atoms with Gasteiger partial charge in [0.15, 0.2) is 0 Å². The van der Waals surface area contributed by atoms with Gasteiger partial charge in [0.1, 0.15) is 17.7 Å². The number of aromatic amines is 1. The van der Waals surface area contributed by atoms with Gasteiger partial charge < -0.3 is 10.3 Å². The van der Waals surface area contributed by atoms with Crippen molar-refractivity contribution < 1.29 is 13.6 Å². The Morgan fingerprint density at radius 1 is 1.20 bits per heavy atom. The molecule has 2 heterocycles. The van der Waals surface area contributed by atoms with Crippen molar-refractivity contribution in [2.75, 3.05) is 0 Å². The maximum absolute atomic E-state index is 14.0. The van der Waals surface area contributed by atoms with E-state index in [9.17, 15) is 23.2 Å². The maximum atomic E-state index is 14.0. The standard InChI is InChI=1S/C21H22F2N4O3/c1-11(2)8-17(19(28)25-12(3)18-15(23)9-13(22)10-24-18)27-20(29)14-6-4-5-7-16(14)26-21(27)30/h4-7,9-12,17H,8H2,1-3H3,(H,25,28)(H,26,30)/t12-,17-/m0/s1. The molecule has 0 unspecified atom stereocenters. The molecule has 0 radical (unpaired) electrons. The average molecular weight is 416 g/mol. The van der Waals surface area contributed by atoms with Gasteiger partial charge in [-0.25, -0.2) is 18.1 Å². The minimum Gasteiger partial charge on any atom is -0.346 e. The van der Waals surface area contributed by atoms with E-state index in [0.717, 1.165) is 10.8 Å². The first kappa shape index (κ1) is 21.4. The summed E-state index contributed by atoms with van der Waals surface area (Å²) in [6, 6.07) is 5.18. The van der Waals surface area contributed by atoms with Crippen LogP contribution in [0.2, 0.25) is 0 Å². The summed E-state index contributed by atoms with van der Waals surface area (Å²) >= 11 is 0. The molecule has 0 saturated carbocycles. The Labute approximate surface area is 170 Å². The number of carbonyl (C=O) groups excluding carboxylic acids is 1. The third-order valence-electron chi connectivity index (χ3n) is 4.75. The van der Waals surface area contributed by atoms with Crippen LogP contribution in [0, 0.1) is 17.6 Å². The molecule has 0 aliphatic carbocycles. The first-order chi connectivity index (χ1) is 14.2. The fourth-order valence-electron chi connectivity index (χ4n) is 3.36. The van der Waals surface area contributed by atoms with Crippen LogP contribution in [0.25, 0.3) is 10.9 Å². The molecule has 3 rings (SSSR count). The molecular formula is C21H22F2N4O3. The van der Waals surface area contributed by atoms with E-state index in [1.165, 1.54) is 6.92 Å². The highest BCUT2D eigenvalue weighted by Gasteiger charge is 2.28. The molecule has 30 heavy (non-hydrogen) atoms. The fraction of sp³-hybridized carbons (Fsp3) is 0.333. The predicted octanol–water partition coefficient (Wildman–Crippen LogP) is 2.83. The van der Waals surface area contributed by atoms with Crippen molar-refractivity contribution in [2.45, 2.75) is 39.3 Å². The summed E-state index contributed by atoms with van der Waals surface area (Å²) in [5.41, 5.74) is -1.07. The molecule has 158 valence electrons. The van der Waals surface area contributed by atoms with Crippen LogP contribution < -0.4 is 16.6 Å². The molecular weight excluding hydrogens is 394 g/mol. The van der Waals surface area contributed by atoms with Crippen molar-refractivity contribution in [2.24, 2.45) is 5.92 Å². The molecule has 0 aliphatic heterocycles. The maximum Gasteiger partial charge on any atom is 0.329 e. The van der Waals surface area contributed by atoms with Crippen molar-refractivity contribution >= 4 is 16.8 Å². The van der Waals surface area contributed by atoms with Crippen molar-refractivity contribution in [3.05, 3.63) is 74.7 Å². The quantitative estimate of drug-likeness (QED) is 0.646. The van der Waals surface area contributed by atoms with E-state index in [1.54, 1.807) is 24.3 Å². The lowest BCUT2D eigenvalue weighted by Gasteiger charge is -2.23. The van der Waals surface area contributed by atoms with Crippen LogP contribution in [0.15, 0.2) is 46.1 Å². The molecule has 2 N–H and O–H groups in total. The van der Waals surface area contributed by atoms with E-state index in [2.05, 4.69) is 15.3 Å². The predicted molar refractivity (Wildman–Crippen MR) is 108 cm³/mol. The van der Waals surface area contributed by atoms with Gasteiger partial charge >= 0.3 is 5.69 Å². The highest BCUT2D eigenvalue weighted by molar-refractivity contribution is 5.82. The lowest BCUT2D eigenvalue weighted by atomic mass is 10.0. The number of nitrogens with zero attached hydrogens (tertiary/aromatic N) is 2. The van der Waals surface area contributed by atoms with Crippen LogP contribution in [0.5, 0.6) is 0 Å². The highest BCUT2D eigenvalue weighted by atomic mass is 19.1. The van der Waals surface area contributed by atoms with Gasteiger partial charge in [-0.3, -0.25) is 14.6 Å². The van der Waals surface area contributed by atoms with Crippen molar-refractivity contribution in [3.63, 3.8) is 0 Å². The van der Waals surface area contributed by atoms with Crippen LogP contribution in [-0.4, -0.2) is 20.4 Å². The number of para-hydroxylation sites is 1. The van der Waals surface area contributed by atoms with E-state index in [-0.39, 0.29) is 23.4 Å². The second-order valence-electron chi connectivity index (χ2n) is 7.55. The zero-order valence-corrected chi connectivity index (χ0v) is 16.8. The van der Waals surface area contributed by atoms with Gasteiger partial charge in [0, 0.05) is 6.07 Å². The summed E-state index contributed by atoms with van der Waals surface area (Å²) in [6.07, 6.45) is 1.06. The molecule has 0 aliphatic rings. The Morgan fingerprint density at radius 2 is 1.90 bits per heavy atom. The van der Waals surface area contributed by atoms with Gasteiger partial charge in [-0.1, -0.05) is 26.0 Å². The molecule has 0 saturated heterocycles. The Kier molecular flexibility index (Phi) is 6.09. The molecule has 2 aromatic heterocycles. The third-order valence-corrected chi connectivity index (χ3v) is 4.75. The van der Waals surface area contributed by atoms with Crippen LogP contribution in [0.4, 0.5) is 8.78 Å². The van der Waals surface area contributed by atoms with Crippen molar-refractivity contribution in [3.8, 4) is 0 Å².